The molecule has 2 aromatic heterocycles. The van der Waals surface area contributed by atoms with Crippen LogP contribution in [0.25, 0.3) is 22.2 Å². The first-order valence-corrected chi connectivity index (χ1v) is 13.1. The Hall–Kier alpha value is -4.47. The van der Waals surface area contributed by atoms with Crippen LogP contribution >= 0.6 is 0 Å². The molecule has 1 N–H and O–H groups in total. The summed E-state index contributed by atoms with van der Waals surface area (Å²) in [7, 11) is 0. The van der Waals surface area contributed by atoms with Gasteiger partial charge in [-0.15, -0.1) is 9.78 Å². The molecule has 1 atom stereocenters. The molecule has 1 amide bonds. The molecule has 0 aliphatic heterocycles. The summed E-state index contributed by atoms with van der Waals surface area (Å²) in [6.07, 6.45) is 2.80. The summed E-state index contributed by atoms with van der Waals surface area (Å²) >= 11 is 0. The smallest absolute Gasteiger partial charge is 0.437 e. The van der Waals surface area contributed by atoms with Crippen LogP contribution in [-0.2, 0) is 15.9 Å². The molecule has 0 radical (unpaired) electrons. The fraction of sp³-hybridized carbons (Fsp3) is 0.367. The lowest BCUT2D eigenvalue weighted by atomic mass is 10.1. The highest BCUT2D eigenvalue weighted by atomic mass is 16.6. The minimum absolute atomic E-state index is 0.211. The van der Waals surface area contributed by atoms with E-state index in [1.807, 2.05) is 69.3 Å². The third-order valence-corrected chi connectivity index (χ3v) is 5.56. The van der Waals surface area contributed by atoms with Crippen molar-refractivity contribution in [1.29, 1.82) is 0 Å². The second-order valence-corrected chi connectivity index (χ2v) is 11.4. The SMILES string of the molecule is CC(C)(C)OC(=O)N[C@H](COc1cncc(-c2ccc3c(c2)nnn3C(=O)OC(C)(C)C)c1)Cc1ccccc1. The number of alkyl carbamates (subject to hydrolysis) is 1. The number of hydrogen-bond donors (Lipinski definition) is 1. The second kappa shape index (κ2) is 11.7. The van der Waals surface area contributed by atoms with Gasteiger partial charge >= 0.3 is 12.2 Å². The third kappa shape index (κ3) is 8.02. The Kier molecular flexibility index (Phi) is 8.37. The number of carbonyl (C=O) groups excluding carboxylic acids is 2. The molecule has 10 nitrogen and oxygen atoms in total. The summed E-state index contributed by atoms with van der Waals surface area (Å²) in [5, 5.41) is 11.0. The minimum Gasteiger partial charge on any atom is -0.490 e. The number of nitrogens with zero attached hydrogens (tertiary/aromatic N) is 4. The first kappa shape index (κ1) is 28.5. The average molecular weight is 546 g/mol. The van der Waals surface area contributed by atoms with E-state index in [2.05, 4.69) is 20.6 Å². The molecule has 2 aromatic carbocycles. The lowest BCUT2D eigenvalue weighted by Gasteiger charge is -2.24. The summed E-state index contributed by atoms with van der Waals surface area (Å²) in [6.45, 7) is 11.1. The minimum atomic E-state index is -0.649. The Morgan fingerprint density at radius 3 is 2.33 bits per heavy atom. The van der Waals surface area contributed by atoms with Crippen molar-refractivity contribution in [2.45, 2.75) is 65.2 Å². The summed E-state index contributed by atoms with van der Waals surface area (Å²) < 4.78 is 18.1. The molecular weight excluding hydrogens is 510 g/mol. The maximum atomic E-state index is 12.5. The Morgan fingerprint density at radius 1 is 0.900 bits per heavy atom. The van der Waals surface area contributed by atoms with Crippen LogP contribution in [0, 0.1) is 0 Å². The van der Waals surface area contributed by atoms with E-state index in [-0.39, 0.29) is 12.6 Å². The fourth-order valence-corrected chi connectivity index (χ4v) is 3.92. The Bertz CT molecular complexity index is 1470. The van der Waals surface area contributed by atoms with Gasteiger partial charge in [0.25, 0.3) is 0 Å². The maximum absolute atomic E-state index is 12.5. The van der Waals surface area contributed by atoms with E-state index in [1.165, 1.54) is 0 Å². The Morgan fingerprint density at radius 2 is 1.62 bits per heavy atom. The number of carbonyl (C=O) groups is 2. The zero-order chi connectivity index (χ0) is 28.9. The molecule has 2 heterocycles. The van der Waals surface area contributed by atoms with Gasteiger partial charge in [0, 0.05) is 11.8 Å². The largest absolute Gasteiger partial charge is 0.490 e. The molecule has 0 bridgehead atoms. The van der Waals surface area contributed by atoms with Crippen LogP contribution in [0.15, 0.2) is 67.0 Å². The van der Waals surface area contributed by atoms with Crippen molar-refractivity contribution in [3.05, 3.63) is 72.6 Å². The molecule has 4 aromatic rings. The highest BCUT2D eigenvalue weighted by Crippen LogP contribution is 2.26. The van der Waals surface area contributed by atoms with Gasteiger partial charge in [0.1, 0.15) is 34.6 Å². The summed E-state index contributed by atoms with van der Waals surface area (Å²) in [6, 6.07) is 16.8. The maximum Gasteiger partial charge on any atom is 0.437 e. The van der Waals surface area contributed by atoms with Gasteiger partial charge < -0.3 is 19.5 Å². The van der Waals surface area contributed by atoms with Gasteiger partial charge in [-0.25, -0.2) is 9.59 Å². The molecule has 10 heteroatoms. The first-order chi connectivity index (χ1) is 18.9. The van der Waals surface area contributed by atoms with Crippen molar-refractivity contribution < 1.29 is 23.8 Å². The van der Waals surface area contributed by atoms with Gasteiger partial charge in [0.2, 0.25) is 0 Å². The number of pyridine rings is 1. The number of amides is 1. The predicted octanol–water partition coefficient (Wildman–Crippen LogP) is 5.79. The molecule has 40 heavy (non-hydrogen) atoms. The monoisotopic (exact) mass is 545 g/mol. The predicted molar refractivity (Wildman–Crippen MR) is 151 cm³/mol. The molecule has 0 saturated heterocycles. The Labute approximate surface area is 233 Å². The van der Waals surface area contributed by atoms with E-state index in [1.54, 1.807) is 39.2 Å². The van der Waals surface area contributed by atoms with E-state index in [4.69, 9.17) is 14.2 Å². The van der Waals surface area contributed by atoms with Crippen LogP contribution in [-0.4, -0.2) is 56.0 Å². The van der Waals surface area contributed by atoms with Crippen LogP contribution in [0.1, 0.15) is 47.1 Å². The van der Waals surface area contributed by atoms with Gasteiger partial charge in [-0.3, -0.25) is 4.98 Å². The van der Waals surface area contributed by atoms with Gasteiger partial charge in [0.05, 0.1) is 12.2 Å². The van der Waals surface area contributed by atoms with Crippen molar-refractivity contribution in [3.8, 4) is 16.9 Å². The second-order valence-electron chi connectivity index (χ2n) is 11.4. The number of fused-ring (bicyclic) bond motifs is 1. The zero-order valence-electron chi connectivity index (χ0n) is 23.7. The molecule has 210 valence electrons. The zero-order valence-corrected chi connectivity index (χ0v) is 23.7. The summed E-state index contributed by atoms with van der Waals surface area (Å²) in [5.74, 6) is 0.541. The summed E-state index contributed by atoms with van der Waals surface area (Å²) in [4.78, 5) is 29.3. The van der Waals surface area contributed by atoms with Crippen LogP contribution in [0.5, 0.6) is 5.75 Å². The van der Waals surface area contributed by atoms with Crippen molar-refractivity contribution in [1.82, 2.24) is 25.3 Å². The highest BCUT2D eigenvalue weighted by Gasteiger charge is 2.22. The van der Waals surface area contributed by atoms with Crippen LogP contribution < -0.4 is 10.1 Å². The van der Waals surface area contributed by atoms with E-state index < -0.39 is 23.4 Å². The molecule has 0 aliphatic carbocycles. The quantitative estimate of drug-likeness (QED) is 0.310. The number of rotatable bonds is 7. The van der Waals surface area contributed by atoms with Gasteiger partial charge in [0.15, 0.2) is 0 Å². The molecule has 0 unspecified atom stereocenters. The van der Waals surface area contributed by atoms with Crippen molar-refractivity contribution in [2.75, 3.05) is 6.61 Å². The number of aromatic nitrogens is 4. The van der Waals surface area contributed by atoms with Crippen LogP contribution in [0.2, 0.25) is 0 Å². The number of benzene rings is 2. The van der Waals surface area contributed by atoms with Gasteiger partial charge in [-0.1, -0.05) is 41.6 Å². The van der Waals surface area contributed by atoms with Gasteiger partial charge in [-0.2, -0.15) is 0 Å². The number of ether oxygens (including phenoxy) is 3. The molecule has 0 fully saturated rings. The third-order valence-electron chi connectivity index (χ3n) is 5.56. The highest BCUT2D eigenvalue weighted by molar-refractivity contribution is 5.88. The number of hydrogen-bond acceptors (Lipinski definition) is 8. The van der Waals surface area contributed by atoms with E-state index in [0.29, 0.717) is 23.2 Å². The van der Waals surface area contributed by atoms with Crippen molar-refractivity contribution in [3.63, 3.8) is 0 Å². The van der Waals surface area contributed by atoms with Crippen molar-refractivity contribution in [2.24, 2.45) is 0 Å². The fourth-order valence-electron chi connectivity index (χ4n) is 3.92. The molecule has 4 rings (SSSR count). The Balaban J connectivity index is 1.48. The molecule has 0 saturated carbocycles. The topological polar surface area (TPSA) is 117 Å². The molecule has 0 aliphatic rings. The number of nitrogens with one attached hydrogen (secondary N) is 1. The van der Waals surface area contributed by atoms with E-state index in [9.17, 15) is 9.59 Å². The van der Waals surface area contributed by atoms with Crippen LogP contribution in [0.3, 0.4) is 0 Å². The summed E-state index contributed by atoms with van der Waals surface area (Å²) in [5.41, 5.74) is 2.51. The first-order valence-electron chi connectivity index (χ1n) is 13.1. The van der Waals surface area contributed by atoms with E-state index in [0.717, 1.165) is 21.4 Å². The van der Waals surface area contributed by atoms with E-state index >= 15 is 0 Å². The standard InChI is InChI=1S/C30H35N5O5/c1-29(2,3)39-27(36)32-23(14-20-10-8-7-9-11-20)19-38-24-15-22(17-31-18-24)21-12-13-26-25(16-21)33-34-35(26)28(37)40-30(4,5)6/h7-13,15-18,23H,14,19H2,1-6H3,(H,32,36)/t23-/m0/s1. The normalized spacial score (nSPS) is 12.6. The average Bonchev–Trinajstić information content (AvgIpc) is 3.29. The lowest BCUT2D eigenvalue weighted by Crippen LogP contribution is -2.43. The van der Waals surface area contributed by atoms with Gasteiger partial charge in [-0.05, 0) is 77.3 Å². The van der Waals surface area contributed by atoms with Crippen molar-refractivity contribution >= 4 is 23.2 Å². The molecule has 0 spiro atoms. The lowest BCUT2D eigenvalue weighted by molar-refractivity contribution is 0.0484. The molecular formula is C30H35N5O5. The van der Waals surface area contributed by atoms with Crippen LogP contribution in [0.4, 0.5) is 9.59 Å².